The van der Waals surface area contributed by atoms with E-state index in [9.17, 15) is 4.79 Å². The topological polar surface area (TPSA) is 72.7 Å². The Morgan fingerprint density at radius 3 is 2.88 bits per heavy atom. The third-order valence-corrected chi connectivity index (χ3v) is 5.45. The van der Waals surface area contributed by atoms with Crippen LogP contribution in [0.5, 0.6) is 0 Å². The first kappa shape index (κ1) is 15.9. The Morgan fingerprint density at radius 2 is 2.12 bits per heavy atom. The molecule has 1 aromatic carbocycles. The lowest BCUT2D eigenvalue weighted by Gasteiger charge is -2.05. The number of amides is 1. The number of benzene rings is 1. The van der Waals surface area contributed by atoms with Gasteiger partial charge in [-0.25, -0.2) is 4.98 Å². The Balaban J connectivity index is 1.66. The van der Waals surface area contributed by atoms with Crippen LogP contribution in [0.15, 0.2) is 35.7 Å². The lowest BCUT2D eigenvalue weighted by Crippen LogP contribution is -2.12. The van der Waals surface area contributed by atoms with Crippen LogP contribution < -0.4 is 5.32 Å². The molecule has 0 atom stereocenters. The molecule has 3 heterocycles. The lowest BCUT2D eigenvalue weighted by atomic mass is 10.2. The van der Waals surface area contributed by atoms with E-state index in [1.54, 1.807) is 5.38 Å². The summed E-state index contributed by atoms with van der Waals surface area (Å²) in [7, 11) is 0. The van der Waals surface area contributed by atoms with E-state index in [0.29, 0.717) is 10.8 Å². The van der Waals surface area contributed by atoms with Gasteiger partial charge in [0.15, 0.2) is 0 Å². The second kappa shape index (κ2) is 6.38. The summed E-state index contributed by atoms with van der Waals surface area (Å²) >= 11 is 2.81. The first-order chi connectivity index (χ1) is 12.2. The molecule has 4 rings (SSSR count). The minimum absolute atomic E-state index is 0.266. The van der Waals surface area contributed by atoms with Crippen molar-refractivity contribution in [3.05, 3.63) is 46.4 Å². The largest absolute Gasteiger partial charge is 0.339 e. The quantitative estimate of drug-likeness (QED) is 0.585. The van der Waals surface area contributed by atoms with Gasteiger partial charge >= 0.3 is 0 Å². The highest BCUT2D eigenvalue weighted by Crippen LogP contribution is 2.30. The van der Waals surface area contributed by atoms with E-state index in [1.165, 1.54) is 33.6 Å². The highest BCUT2D eigenvalue weighted by atomic mass is 32.1. The van der Waals surface area contributed by atoms with Crippen molar-refractivity contribution < 1.29 is 4.79 Å². The van der Waals surface area contributed by atoms with Crippen molar-refractivity contribution in [2.75, 3.05) is 5.32 Å². The summed E-state index contributed by atoms with van der Waals surface area (Å²) in [5, 5.41) is 15.6. The molecule has 1 amide bonds. The molecule has 0 spiro atoms. The highest BCUT2D eigenvalue weighted by molar-refractivity contribution is 7.15. The maximum atomic E-state index is 12.4. The number of nitrogens with zero attached hydrogens (tertiary/aromatic N) is 4. The van der Waals surface area contributed by atoms with Crippen molar-refractivity contribution >= 4 is 44.6 Å². The molecule has 25 heavy (non-hydrogen) atoms. The lowest BCUT2D eigenvalue weighted by molar-refractivity contribution is 0.102. The van der Waals surface area contributed by atoms with E-state index in [2.05, 4.69) is 50.2 Å². The Bertz CT molecular complexity index is 1060. The third-order valence-electron chi connectivity index (χ3n) is 3.83. The van der Waals surface area contributed by atoms with Crippen LogP contribution in [0, 0.1) is 6.92 Å². The van der Waals surface area contributed by atoms with E-state index in [4.69, 9.17) is 0 Å². The van der Waals surface area contributed by atoms with Crippen LogP contribution >= 0.6 is 22.7 Å². The zero-order valence-electron chi connectivity index (χ0n) is 13.7. The molecule has 0 aliphatic heterocycles. The average molecular weight is 369 g/mol. The van der Waals surface area contributed by atoms with Crippen LogP contribution in [0.4, 0.5) is 5.13 Å². The molecule has 0 fully saturated rings. The molecule has 6 nitrogen and oxygen atoms in total. The van der Waals surface area contributed by atoms with Crippen LogP contribution in [-0.2, 0) is 6.54 Å². The van der Waals surface area contributed by atoms with Crippen molar-refractivity contribution in [2.24, 2.45) is 0 Å². The fourth-order valence-electron chi connectivity index (χ4n) is 2.73. The first-order valence-electron chi connectivity index (χ1n) is 7.81. The molecule has 4 aromatic rings. The minimum Gasteiger partial charge on any atom is -0.339 e. The van der Waals surface area contributed by atoms with Crippen LogP contribution in [0.1, 0.15) is 22.4 Å². The maximum absolute atomic E-state index is 12.4. The van der Waals surface area contributed by atoms with Crippen LogP contribution in [0.25, 0.3) is 21.6 Å². The molecule has 1 N–H and O–H groups in total. The number of carbonyl (C=O) groups is 1. The number of para-hydroxylation sites is 1. The second-order valence-corrected chi connectivity index (χ2v) is 7.49. The standard InChI is InChI=1S/C17H15N5OS2/c1-3-22-13-7-5-4-6-11(13)8-14(22)16-18-12(9-24-16)15(23)19-17-21-20-10(2)25-17/h4-9H,3H2,1-2H3,(H,19,21,23). The number of fused-ring (bicyclic) bond motifs is 1. The van der Waals surface area contributed by atoms with Gasteiger partial charge < -0.3 is 4.57 Å². The van der Waals surface area contributed by atoms with Gasteiger partial charge in [0.05, 0.1) is 5.69 Å². The number of aryl methyl sites for hydroxylation is 2. The number of nitrogens with one attached hydrogen (secondary N) is 1. The number of anilines is 1. The smallest absolute Gasteiger partial charge is 0.276 e. The zero-order valence-corrected chi connectivity index (χ0v) is 15.3. The number of carbonyl (C=O) groups excluding carboxylic acids is 1. The molecule has 126 valence electrons. The van der Waals surface area contributed by atoms with Crippen molar-refractivity contribution in [3.63, 3.8) is 0 Å². The van der Waals surface area contributed by atoms with Crippen molar-refractivity contribution in [1.29, 1.82) is 0 Å². The van der Waals surface area contributed by atoms with Crippen molar-refractivity contribution in [3.8, 4) is 10.7 Å². The SMILES string of the molecule is CCn1c(-c2nc(C(=O)Nc3nnc(C)s3)cs2)cc2ccccc21. The molecule has 0 radical (unpaired) electrons. The van der Waals surface area contributed by atoms with Gasteiger partial charge in [-0.05, 0) is 26.0 Å². The predicted octanol–water partition coefficient (Wildman–Crippen LogP) is 4.20. The molecule has 0 saturated heterocycles. The van der Waals surface area contributed by atoms with Crippen LogP contribution in [0.2, 0.25) is 0 Å². The molecule has 8 heteroatoms. The first-order valence-corrected chi connectivity index (χ1v) is 9.51. The summed E-state index contributed by atoms with van der Waals surface area (Å²) in [6.07, 6.45) is 0. The van der Waals surface area contributed by atoms with E-state index in [1.807, 2.05) is 19.1 Å². The summed E-state index contributed by atoms with van der Waals surface area (Å²) in [4.78, 5) is 16.9. The average Bonchev–Trinajstić information content (AvgIpc) is 3.32. The summed E-state index contributed by atoms with van der Waals surface area (Å²) < 4.78 is 2.21. The Labute approximate surface area is 152 Å². The van der Waals surface area contributed by atoms with E-state index >= 15 is 0 Å². The van der Waals surface area contributed by atoms with E-state index in [-0.39, 0.29) is 5.91 Å². The van der Waals surface area contributed by atoms with Gasteiger partial charge in [0.1, 0.15) is 15.7 Å². The fraction of sp³-hybridized carbons (Fsp3) is 0.176. The maximum Gasteiger partial charge on any atom is 0.276 e. The van der Waals surface area contributed by atoms with Crippen molar-refractivity contribution in [2.45, 2.75) is 20.4 Å². The van der Waals surface area contributed by atoms with Crippen LogP contribution in [-0.4, -0.2) is 25.7 Å². The molecule has 0 bridgehead atoms. The molecule has 0 unspecified atom stereocenters. The Kier molecular flexibility index (Phi) is 4.06. The molecule has 0 saturated carbocycles. The second-order valence-electron chi connectivity index (χ2n) is 5.45. The molecular formula is C17H15N5OS2. The summed E-state index contributed by atoms with van der Waals surface area (Å²) in [5.41, 5.74) is 2.59. The number of rotatable bonds is 4. The third kappa shape index (κ3) is 2.94. The van der Waals surface area contributed by atoms with Crippen molar-refractivity contribution in [1.82, 2.24) is 19.7 Å². The summed E-state index contributed by atoms with van der Waals surface area (Å²) in [5.74, 6) is -0.266. The zero-order chi connectivity index (χ0) is 17.4. The number of hydrogen-bond donors (Lipinski definition) is 1. The number of hydrogen-bond acceptors (Lipinski definition) is 6. The van der Waals surface area contributed by atoms with Gasteiger partial charge in [0.25, 0.3) is 5.91 Å². The predicted molar refractivity (Wildman–Crippen MR) is 101 cm³/mol. The summed E-state index contributed by atoms with van der Waals surface area (Å²) in [6, 6.07) is 10.4. The highest BCUT2D eigenvalue weighted by Gasteiger charge is 2.17. The molecule has 0 aliphatic carbocycles. The number of aromatic nitrogens is 4. The minimum atomic E-state index is -0.266. The monoisotopic (exact) mass is 369 g/mol. The Morgan fingerprint density at radius 1 is 1.28 bits per heavy atom. The van der Waals surface area contributed by atoms with Gasteiger partial charge in [-0.3, -0.25) is 10.1 Å². The van der Waals surface area contributed by atoms with Crippen LogP contribution in [0.3, 0.4) is 0 Å². The van der Waals surface area contributed by atoms with E-state index in [0.717, 1.165) is 22.3 Å². The Hall–Kier alpha value is -2.58. The van der Waals surface area contributed by atoms with Gasteiger partial charge in [0.2, 0.25) is 5.13 Å². The van der Waals surface area contributed by atoms with Gasteiger partial charge in [0, 0.05) is 22.8 Å². The van der Waals surface area contributed by atoms with Gasteiger partial charge in [-0.1, -0.05) is 29.5 Å². The molecule has 3 aromatic heterocycles. The van der Waals surface area contributed by atoms with E-state index < -0.39 is 0 Å². The van der Waals surface area contributed by atoms with Gasteiger partial charge in [-0.2, -0.15) is 0 Å². The fourth-order valence-corrected chi connectivity index (χ4v) is 4.14. The molecular weight excluding hydrogens is 354 g/mol. The normalized spacial score (nSPS) is 11.1. The summed E-state index contributed by atoms with van der Waals surface area (Å²) in [6.45, 7) is 4.79. The molecule has 0 aliphatic rings. The number of thiazole rings is 1. The van der Waals surface area contributed by atoms with Gasteiger partial charge in [-0.15, -0.1) is 21.5 Å².